The molecule has 0 saturated carbocycles. The van der Waals surface area contributed by atoms with Crippen molar-refractivity contribution in [1.82, 2.24) is 4.90 Å². The second kappa shape index (κ2) is 4.80. The van der Waals surface area contributed by atoms with Crippen molar-refractivity contribution in [1.29, 1.82) is 0 Å². The number of halogens is 2. The van der Waals surface area contributed by atoms with Crippen LogP contribution < -0.4 is 0 Å². The highest BCUT2D eigenvalue weighted by molar-refractivity contribution is 6.22. The fourth-order valence-electron chi connectivity index (χ4n) is 2.31. The molecule has 2 aromatic carbocycles. The van der Waals surface area contributed by atoms with Crippen LogP contribution in [0.3, 0.4) is 0 Å². The minimum absolute atomic E-state index is 0.0420. The first-order chi connectivity index (χ1) is 10.4. The highest BCUT2D eigenvalue weighted by Crippen LogP contribution is 2.37. The van der Waals surface area contributed by atoms with Crippen LogP contribution in [0.15, 0.2) is 30.3 Å². The van der Waals surface area contributed by atoms with Crippen molar-refractivity contribution < 1.29 is 28.6 Å². The minimum Gasteiger partial charge on any atom is -0.504 e. The topological polar surface area (TPSA) is 77.8 Å². The van der Waals surface area contributed by atoms with Gasteiger partial charge in [-0.25, -0.2) is 8.78 Å². The van der Waals surface area contributed by atoms with Crippen molar-refractivity contribution in [3.8, 4) is 11.5 Å². The highest BCUT2D eigenvalue weighted by Gasteiger charge is 2.39. The molecule has 2 aromatic rings. The lowest BCUT2D eigenvalue weighted by atomic mass is 10.1. The number of fused-ring (bicyclic) bond motifs is 1. The first-order valence-electron chi connectivity index (χ1n) is 6.25. The number of hydrogen-bond acceptors (Lipinski definition) is 4. The zero-order valence-electron chi connectivity index (χ0n) is 11.0. The van der Waals surface area contributed by atoms with Gasteiger partial charge in [0, 0.05) is 11.6 Å². The number of benzene rings is 2. The molecule has 2 N–H and O–H groups in total. The molecule has 22 heavy (non-hydrogen) atoms. The van der Waals surface area contributed by atoms with Crippen LogP contribution in [-0.2, 0) is 6.54 Å². The summed E-state index contributed by atoms with van der Waals surface area (Å²) in [6.45, 7) is -0.404. The van der Waals surface area contributed by atoms with Crippen molar-refractivity contribution in [3.05, 3.63) is 58.7 Å². The molecule has 0 bridgehead atoms. The third-order valence-corrected chi connectivity index (χ3v) is 3.43. The quantitative estimate of drug-likeness (QED) is 0.658. The Bertz CT molecular complexity index is 819. The molecule has 1 heterocycles. The van der Waals surface area contributed by atoms with Gasteiger partial charge in [-0.3, -0.25) is 14.5 Å². The van der Waals surface area contributed by atoms with Crippen molar-refractivity contribution >= 4 is 11.8 Å². The maximum atomic E-state index is 13.7. The first kappa shape index (κ1) is 14.0. The zero-order valence-corrected chi connectivity index (χ0v) is 11.0. The summed E-state index contributed by atoms with van der Waals surface area (Å²) < 4.78 is 26.5. The number of imide groups is 1. The number of phenolic OH excluding ortho intramolecular Hbond substituents is 2. The van der Waals surface area contributed by atoms with Gasteiger partial charge in [-0.2, -0.15) is 0 Å². The van der Waals surface area contributed by atoms with E-state index in [0.717, 1.165) is 23.1 Å². The van der Waals surface area contributed by atoms with E-state index in [1.54, 1.807) is 0 Å². The number of aromatic hydroxyl groups is 2. The van der Waals surface area contributed by atoms with E-state index in [-0.39, 0.29) is 16.7 Å². The average molecular weight is 305 g/mol. The molecule has 0 unspecified atom stereocenters. The lowest BCUT2D eigenvalue weighted by molar-refractivity contribution is 0.0640. The van der Waals surface area contributed by atoms with Crippen LogP contribution in [0.1, 0.15) is 26.3 Å². The normalized spacial score (nSPS) is 13.6. The van der Waals surface area contributed by atoms with E-state index in [0.29, 0.717) is 6.07 Å². The van der Waals surface area contributed by atoms with Gasteiger partial charge >= 0.3 is 0 Å². The summed E-state index contributed by atoms with van der Waals surface area (Å²) >= 11 is 0. The molecule has 0 aromatic heterocycles. The Hall–Kier alpha value is -2.96. The zero-order chi connectivity index (χ0) is 16.0. The average Bonchev–Trinajstić information content (AvgIpc) is 2.70. The SMILES string of the molecule is O=C1c2ccc(O)c(O)c2C(=O)N1Cc1ccc(F)cc1F. The van der Waals surface area contributed by atoms with Gasteiger partial charge in [0.15, 0.2) is 11.5 Å². The molecule has 0 fully saturated rings. The number of phenols is 2. The molecule has 0 spiro atoms. The van der Waals surface area contributed by atoms with Gasteiger partial charge in [0.05, 0.1) is 17.7 Å². The second-order valence-electron chi connectivity index (χ2n) is 4.79. The predicted octanol–water partition coefficient (Wildman–Crippen LogP) is 2.17. The van der Waals surface area contributed by atoms with E-state index in [2.05, 4.69) is 0 Å². The summed E-state index contributed by atoms with van der Waals surface area (Å²) in [5.41, 5.74) is -0.449. The molecule has 0 atom stereocenters. The van der Waals surface area contributed by atoms with Gasteiger partial charge < -0.3 is 10.2 Å². The summed E-state index contributed by atoms with van der Waals surface area (Å²) in [5.74, 6) is -4.46. The van der Waals surface area contributed by atoms with Crippen LogP contribution in [0.2, 0.25) is 0 Å². The minimum atomic E-state index is -0.886. The monoisotopic (exact) mass is 305 g/mol. The van der Waals surface area contributed by atoms with Crippen molar-refractivity contribution in [3.63, 3.8) is 0 Å². The largest absolute Gasteiger partial charge is 0.504 e. The summed E-state index contributed by atoms with van der Waals surface area (Å²) in [4.78, 5) is 25.1. The lowest BCUT2D eigenvalue weighted by Gasteiger charge is -2.14. The number of carbonyl (C=O) groups excluding carboxylic acids is 2. The number of carbonyl (C=O) groups is 2. The Labute approximate surface area is 123 Å². The molecule has 5 nitrogen and oxygen atoms in total. The molecule has 1 aliphatic heterocycles. The van der Waals surface area contributed by atoms with Gasteiger partial charge in [0.1, 0.15) is 11.6 Å². The van der Waals surface area contributed by atoms with Gasteiger partial charge in [-0.05, 0) is 18.2 Å². The van der Waals surface area contributed by atoms with E-state index in [1.165, 1.54) is 6.07 Å². The Morgan fingerprint density at radius 1 is 1.00 bits per heavy atom. The van der Waals surface area contributed by atoms with E-state index < -0.39 is 41.5 Å². The van der Waals surface area contributed by atoms with Crippen LogP contribution in [-0.4, -0.2) is 26.9 Å². The smallest absolute Gasteiger partial charge is 0.265 e. The van der Waals surface area contributed by atoms with Crippen LogP contribution in [0.4, 0.5) is 8.78 Å². The first-order valence-corrected chi connectivity index (χ1v) is 6.25. The number of rotatable bonds is 2. The highest BCUT2D eigenvalue weighted by atomic mass is 19.1. The summed E-state index contributed by atoms with van der Waals surface area (Å²) in [6.07, 6.45) is 0. The van der Waals surface area contributed by atoms with E-state index >= 15 is 0 Å². The van der Waals surface area contributed by atoms with Gasteiger partial charge in [-0.1, -0.05) is 6.07 Å². The molecular formula is C15H9F2NO4. The standard InChI is InChI=1S/C15H9F2NO4/c16-8-2-1-7(10(17)5-8)6-18-14(21)9-3-4-11(19)13(20)12(9)15(18)22/h1-5,19-20H,6H2. The van der Waals surface area contributed by atoms with Crippen molar-refractivity contribution in [2.45, 2.75) is 6.54 Å². The molecule has 3 rings (SSSR count). The maximum absolute atomic E-state index is 13.7. The number of hydrogen-bond donors (Lipinski definition) is 2. The number of nitrogens with zero attached hydrogens (tertiary/aromatic N) is 1. The summed E-state index contributed by atoms with van der Waals surface area (Å²) in [5, 5.41) is 19.1. The summed E-state index contributed by atoms with van der Waals surface area (Å²) in [6, 6.07) is 5.08. The molecule has 0 radical (unpaired) electrons. The van der Waals surface area contributed by atoms with E-state index in [9.17, 15) is 28.6 Å². The van der Waals surface area contributed by atoms with Crippen LogP contribution in [0.25, 0.3) is 0 Å². The Kier molecular flexibility index (Phi) is 3.05. The Balaban J connectivity index is 1.99. The van der Waals surface area contributed by atoms with E-state index in [4.69, 9.17) is 0 Å². The van der Waals surface area contributed by atoms with Crippen molar-refractivity contribution in [2.24, 2.45) is 0 Å². The fourth-order valence-corrected chi connectivity index (χ4v) is 2.31. The van der Waals surface area contributed by atoms with E-state index in [1.807, 2.05) is 0 Å². The molecular weight excluding hydrogens is 296 g/mol. The molecule has 0 saturated heterocycles. The lowest BCUT2D eigenvalue weighted by Crippen LogP contribution is -2.29. The molecule has 2 amide bonds. The molecule has 112 valence electrons. The fraction of sp³-hybridized carbons (Fsp3) is 0.0667. The Morgan fingerprint density at radius 3 is 2.41 bits per heavy atom. The van der Waals surface area contributed by atoms with Gasteiger partial charge in [0.2, 0.25) is 0 Å². The van der Waals surface area contributed by atoms with Gasteiger partial charge in [0.25, 0.3) is 11.8 Å². The second-order valence-corrected chi connectivity index (χ2v) is 4.79. The third kappa shape index (κ3) is 1.98. The molecule has 0 aliphatic carbocycles. The Morgan fingerprint density at radius 2 is 1.73 bits per heavy atom. The third-order valence-electron chi connectivity index (χ3n) is 3.43. The molecule has 7 heteroatoms. The summed E-state index contributed by atoms with van der Waals surface area (Å²) in [7, 11) is 0. The molecule has 1 aliphatic rings. The predicted molar refractivity (Wildman–Crippen MR) is 70.3 cm³/mol. The van der Waals surface area contributed by atoms with Gasteiger partial charge in [-0.15, -0.1) is 0 Å². The van der Waals surface area contributed by atoms with Crippen molar-refractivity contribution in [2.75, 3.05) is 0 Å². The van der Waals surface area contributed by atoms with Crippen LogP contribution in [0.5, 0.6) is 11.5 Å². The van der Waals surface area contributed by atoms with Crippen LogP contribution in [0, 0.1) is 11.6 Å². The van der Waals surface area contributed by atoms with Crippen LogP contribution >= 0.6 is 0 Å². The maximum Gasteiger partial charge on any atom is 0.265 e. The number of amides is 2.